The summed E-state index contributed by atoms with van der Waals surface area (Å²) in [7, 11) is 0. The number of unbranched alkanes of at least 4 members (excludes halogenated alkanes) is 2. The van der Waals surface area contributed by atoms with Crippen LogP contribution in [0.1, 0.15) is 39.0 Å². The molecule has 2 rings (SSSR count). The van der Waals surface area contributed by atoms with Gasteiger partial charge in [-0.25, -0.2) is 0 Å². The van der Waals surface area contributed by atoms with Crippen LogP contribution in [0.15, 0.2) is 4.99 Å². The van der Waals surface area contributed by atoms with Crippen LogP contribution in [0.4, 0.5) is 0 Å². The molecule has 0 aromatic heterocycles. The molecule has 0 aliphatic carbocycles. The summed E-state index contributed by atoms with van der Waals surface area (Å²) < 4.78 is 0. The molecule has 0 unspecified atom stereocenters. The van der Waals surface area contributed by atoms with E-state index in [0.717, 1.165) is 43.4 Å². The summed E-state index contributed by atoms with van der Waals surface area (Å²) >= 11 is 5.23. The molecule has 0 radical (unpaired) electrons. The van der Waals surface area contributed by atoms with Crippen molar-refractivity contribution in [2.45, 2.75) is 44.6 Å². The third-order valence-corrected chi connectivity index (χ3v) is 3.73. The number of nitrogens with one attached hydrogen (secondary N) is 3. The lowest BCUT2D eigenvalue weighted by Crippen LogP contribution is -2.53. The van der Waals surface area contributed by atoms with Crippen molar-refractivity contribution in [3.63, 3.8) is 0 Å². The van der Waals surface area contributed by atoms with Crippen molar-refractivity contribution >= 4 is 23.2 Å². The Kier molecular flexibility index (Phi) is 4.34. The first kappa shape index (κ1) is 12.8. The van der Waals surface area contributed by atoms with E-state index in [1.807, 2.05) is 0 Å². The molecular formula is C12H22N4S. The lowest BCUT2D eigenvalue weighted by Gasteiger charge is -2.33. The highest BCUT2D eigenvalue weighted by Gasteiger charge is 2.42. The fourth-order valence-electron chi connectivity index (χ4n) is 2.49. The molecule has 17 heavy (non-hydrogen) atoms. The Morgan fingerprint density at radius 3 is 2.76 bits per heavy atom. The molecule has 0 bridgehead atoms. The predicted molar refractivity (Wildman–Crippen MR) is 75.5 cm³/mol. The zero-order valence-electron chi connectivity index (χ0n) is 10.5. The second kappa shape index (κ2) is 5.78. The van der Waals surface area contributed by atoms with E-state index in [9.17, 15) is 0 Å². The molecule has 0 aromatic carbocycles. The van der Waals surface area contributed by atoms with Gasteiger partial charge in [-0.1, -0.05) is 19.8 Å². The standard InChI is InChI=1S/C12H22N4S/c1-2-3-4-7-14-10-12(16-11(17)15-10)5-8-13-9-6-12/h13H,2-9H2,1H3,(H2,14,15,16,17). The number of thiocarbonyl (C=S) groups is 1. The SMILES string of the molecule is CCCCCN=C1NC(=S)NC12CCNCC2. The number of amidine groups is 1. The Morgan fingerprint density at radius 1 is 1.29 bits per heavy atom. The van der Waals surface area contributed by atoms with Crippen LogP contribution in [0.5, 0.6) is 0 Å². The first-order valence-electron chi connectivity index (χ1n) is 6.62. The highest BCUT2D eigenvalue weighted by molar-refractivity contribution is 7.80. The fourth-order valence-corrected chi connectivity index (χ4v) is 2.79. The van der Waals surface area contributed by atoms with Gasteiger partial charge in [0.15, 0.2) is 5.11 Å². The summed E-state index contributed by atoms with van der Waals surface area (Å²) in [5.41, 5.74) is -0.00541. The molecule has 2 fully saturated rings. The minimum Gasteiger partial charge on any atom is -0.350 e. The fraction of sp³-hybridized carbons (Fsp3) is 0.833. The van der Waals surface area contributed by atoms with Crippen LogP contribution in [0, 0.1) is 0 Å². The van der Waals surface area contributed by atoms with Crippen molar-refractivity contribution in [1.82, 2.24) is 16.0 Å². The van der Waals surface area contributed by atoms with Gasteiger partial charge in [-0.05, 0) is 44.6 Å². The minimum atomic E-state index is -0.00541. The maximum atomic E-state index is 5.23. The highest BCUT2D eigenvalue weighted by atomic mass is 32.1. The third-order valence-electron chi connectivity index (χ3n) is 3.53. The molecule has 3 N–H and O–H groups in total. The highest BCUT2D eigenvalue weighted by Crippen LogP contribution is 2.23. The van der Waals surface area contributed by atoms with Gasteiger partial charge in [0, 0.05) is 6.54 Å². The summed E-state index contributed by atoms with van der Waals surface area (Å²) in [6.07, 6.45) is 5.79. The molecule has 0 saturated carbocycles. The van der Waals surface area contributed by atoms with Crippen LogP contribution < -0.4 is 16.0 Å². The van der Waals surface area contributed by atoms with Gasteiger partial charge in [-0.2, -0.15) is 0 Å². The molecule has 2 saturated heterocycles. The van der Waals surface area contributed by atoms with E-state index in [1.54, 1.807) is 0 Å². The van der Waals surface area contributed by atoms with Gasteiger partial charge in [0.05, 0.1) is 5.54 Å². The van der Waals surface area contributed by atoms with Crippen molar-refractivity contribution in [1.29, 1.82) is 0 Å². The van der Waals surface area contributed by atoms with E-state index < -0.39 is 0 Å². The molecule has 2 aliphatic rings. The maximum absolute atomic E-state index is 5.23. The molecule has 96 valence electrons. The van der Waals surface area contributed by atoms with Crippen molar-refractivity contribution in [3.8, 4) is 0 Å². The van der Waals surface area contributed by atoms with E-state index >= 15 is 0 Å². The number of hydrogen-bond acceptors (Lipinski definition) is 3. The quantitative estimate of drug-likeness (QED) is 0.521. The summed E-state index contributed by atoms with van der Waals surface area (Å²) in [5, 5.41) is 10.8. The van der Waals surface area contributed by atoms with Gasteiger partial charge in [-0.3, -0.25) is 4.99 Å². The number of nitrogens with zero attached hydrogens (tertiary/aromatic N) is 1. The van der Waals surface area contributed by atoms with E-state index in [1.165, 1.54) is 19.3 Å². The van der Waals surface area contributed by atoms with Crippen molar-refractivity contribution in [3.05, 3.63) is 0 Å². The van der Waals surface area contributed by atoms with Crippen LogP contribution in [0.3, 0.4) is 0 Å². The first-order chi connectivity index (χ1) is 8.27. The van der Waals surface area contributed by atoms with Crippen LogP contribution in [-0.2, 0) is 0 Å². The second-order valence-corrected chi connectivity index (χ2v) is 5.26. The largest absolute Gasteiger partial charge is 0.350 e. The second-order valence-electron chi connectivity index (χ2n) is 4.85. The zero-order chi connectivity index (χ0) is 12.1. The smallest absolute Gasteiger partial charge is 0.172 e. The van der Waals surface area contributed by atoms with Crippen LogP contribution >= 0.6 is 12.2 Å². The van der Waals surface area contributed by atoms with E-state index in [4.69, 9.17) is 17.2 Å². The predicted octanol–water partition coefficient (Wildman–Crippen LogP) is 1.18. The summed E-state index contributed by atoms with van der Waals surface area (Å²) in [6.45, 7) is 5.19. The molecular weight excluding hydrogens is 232 g/mol. The van der Waals surface area contributed by atoms with Crippen LogP contribution in [0.2, 0.25) is 0 Å². The van der Waals surface area contributed by atoms with E-state index in [-0.39, 0.29) is 5.54 Å². The maximum Gasteiger partial charge on any atom is 0.172 e. The average Bonchev–Trinajstić information content (AvgIpc) is 2.62. The minimum absolute atomic E-state index is 0.00541. The van der Waals surface area contributed by atoms with Gasteiger partial charge < -0.3 is 16.0 Å². The van der Waals surface area contributed by atoms with Crippen molar-refractivity contribution in [2.24, 2.45) is 4.99 Å². The Morgan fingerprint density at radius 2 is 2.06 bits per heavy atom. The van der Waals surface area contributed by atoms with Gasteiger partial charge in [-0.15, -0.1) is 0 Å². The summed E-state index contributed by atoms with van der Waals surface area (Å²) in [4.78, 5) is 4.72. The Hall–Kier alpha value is -0.680. The number of aliphatic imine (C=N–C) groups is 1. The van der Waals surface area contributed by atoms with Crippen molar-refractivity contribution < 1.29 is 0 Å². The van der Waals surface area contributed by atoms with Crippen LogP contribution in [0.25, 0.3) is 0 Å². The Bertz CT molecular complexity index is 308. The molecule has 2 heterocycles. The van der Waals surface area contributed by atoms with Gasteiger partial charge in [0.2, 0.25) is 0 Å². The molecule has 0 aromatic rings. The van der Waals surface area contributed by atoms with Gasteiger partial charge >= 0.3 is 0 Å². The Balaban J connectivity index is 2.00. The molecule has 0 atom stereocenters. The molecule has 1 spiro atoms. The topological polar surface area (TPSA) is 48.5 Å². The number of piperidine rings is 1. The average molecular weight is 254 g/mol. The lowest BCUT2D eigenvalue weighted by molar-refractivity contribution is 0.373. The molecule has 2 aliphatic heterocycles. The summed E-state index contributed by atoms with van der Waals surface area (Å²) in [5.74, 6) is 1.07. The zero-order valence-corrected chi connectivity index (χ0v) is 11.3. The molecule has 0 amide bonds. The third kappa shape index (κ3) is 2.96. The monoisotopic (exact) mass is 254 g/mol. The van der Waals surface area contributed by atoms with E-state index in [0.29, 0.717) is 0 Å². The molecule has 5 heteroatoms. The number of hydrogen-bond donors (Lipinski definition) is 3. The van der Waals surface area contributed by atoms with Gasteiger partial charge in [0.25, 0.3) is 0 Å². The molecule has 4 nitrogen and oxygen atoms in total. The van der Waals surface area contributed by atoms with E-state index in [2.05, 4.69) is 22.9 Å². The lowest BCUT2D eigenvalue weighted by atomic mass is 9.88. The van der Waals surface area contributed by atoms with Crippen molar-refractivity contribution in [2.75, 3.05) is 19.6 Å². The van der Waals surface area contributed by atoms with Crippen LogP contribution in [-0.4, -0.2) is 36.1 Å². The Labute approximate surface area is 109 Å². The number of rotatable bonds is 4. The first-order valence-corrected chi connectivity index (χ1v) is 7.02. The normalized spacial score (nSPS) is 25.0. The van der Waals surface area contributed by atoms with Gasteiger partial charge in [0.1, 0.15) is 5.84 Å². The summed E-state index contributed by atoms with van der Waals surface area (Å²) in [6, 6.07) is 0.